The Morgan fingerprint density at radius 3 is 2.02 bits per heavy atom. The number of nitro benzene ring substituents is 1. The molecule has 3 aromatic rings. The zero-order chi connectivity index (χ0) is 31.2. The zero-order valence-corrected chi connectivity index (χ0v) is 25.9. The van der Waals surface area contributed by atoms with E-state index in [4.69, 9.17) is 23.2 Å². The molecule has 0 saturated heterocycles. The lowest BCUT2D eigenvalue weighted by Crippen LogP contribution is -2.55. The number of nitrogens with one attached hydrogen (secondary N) is 1. The van der Waals surface area contributed by atoms with Gasteiger partial charge in [0, 0.05) is 39.8 Å². The Labute approximate surface area is 255 Å². The Morgan fingerprint density at radius 2 is 1.52 bits per heavy atom. The summed E-state index contributed by atoms with van der Waals surface area (Å²) < 4.78 is 28.5. The van der Waals surface area contributed by atoms with Crippen molar-refractivity contribution in [2.45, 2.75) is 57.1 Å². The molecule has 2 amide bonds. The molecule has 3 aromatic carbocycles. The summed E-state index contributed by atoms with van der Waals surface area (Å²) >= 11 is 12.8. The van der Waals surface area contributed by atoms with E-state index in [9.17, 15) is 28.1 Å². The average molecular weight is 636 g/mol. The maximum Gasteiger partial charge on any atom is 0.269 e. The predicted octanol–water partition coefficient (Wildman–Crippen LogP) is 5.82. The number of hydrogen-bond donors (Lipinski definition) is 1. The van der Waals surface area contributed by atoms with E-state index >= 15 is 0 Å². The Morgan fingerprint density at radius 1 is 0.952 bits per heavy atom. The number of amides is 2. The first-order chi connectivity index (χ1) is 19.7. The summed E-state index contributed by atoms with van der Waals surface area (Å²) in [4.78, 5) is 39.3. The summed E-state index contributed by atoms with van der Waals surface area (Å²) in [5.74, 6) is -1.14. The summed E-state index contributed by atoms with van der Waals surface area (Å²) in [6.07, 6.45) is 0.207. The van der Waals surface area contributed by atoms with Crippen LogP contribution in [0.15, 0.2) is 77.7 Å². The fourth-order valence-corrected chi connectivity index (χ4v) is 6.17. The van der Waals surface area contributed by atoms with E-state index in [0.717, 1.165) is 16.4 Å². The van der Waals surface area contributed by atoms with Crippen LogP contribution < -0.4 is 9.62 Å². The second-order valence-corrected chi connectivity index (χ2v) is 13.2. The summed E-state index contributed by atoms with van der Waals surface area (Å²) in [5.41, 5.74) is -0.436. The third-order valence-electron chi connectivity index (χ3n) is 6.23. The highest BCUT2D eigenvalue weighted by atomic mass is 35.5. The van der Waals surface area contributed by atoms with Crippen molar-refractivity contribution in [1.82, 2.24) is 10.2 Å². The topological polar surface area (TPSA) is 130 Å². The molecule has 0 aliphatic heterocycles. The number of nitrogens with zero attached hydrogens (tertiary/aromatic N) is 3. The van der Waals surface area contributed by atoms with E-state index in [1.807, 2.05) is 0 Å². The second kappa shape index (κ2) is 13.5. The number of rotatable bonds is 11. The van der Waals surface area contributed by atoms with Crippen LogP contribution in [0, 0.1) is 10.1 Å². The molecule has 13 heteroatoms. The molecule has 0 saturated carbocycles. The van der Waals surface area contributed by atoms with E-state index in [1.54, 1.807) is 64.1 Å². The molecule has 0 aromatic heterocycles. The van der Waals surface area contributed by atoms with Crippen LogP contribution in [0.2, 0.25) is 10.0 Å². The van der Waals surface area contributed by atoms with Gasteiger partial charge in [0.1, 0.15) is 12.6 Å². The van der Waals surface area contributed by atoms with Crippen LogP contribution in [-0.4, -0.2) is 48.2 Å². The maximum atomic E-state index is 14.1. The monoisotopic (exact) mass is 634 g/mol. The smallest absolute Gasteiger partial charge is 0.269 e. The van der Waals surface area contributed by atoms with Crippen molar-refractivity contribution < 1.29 is 22.9 Å². The number of nitro groups is 1. The van der Waals surface area contributed by atoms with Gasteiger partial charge in [-0.05, 0) is 63.6 Å². The first kappa shape index (κ1) is 32.8. The largest absolute Gasteiger partial charge is 0.350 e. The van der Waals surface area contributed by atoms with Gasteiger partial charge >= 0.3 is 0 Å². The molecule has 10 nitrogen and oxygen atoms in total. The molecule has 0 aliphatic rings. The molecular formula is C29H32Cl2N4O6S. The van der Waals surface area contributed by atoms with E-state index in [-0.39, 0.29) is 39.3 Å². The van der Waals surface area contributed by atoms with E-state index in [1.165, 1.54) is 29.2 Å². The molecule has 0 heterocycles. The Hall–Kier alpha value is -3.67. The minimum absolute atomic E-state index is 0.0284. The highest BCUT2D eigenvalue weighted by molar-refractivity contribution is 7.92. The molecule has 0 bridgehead atoms. The average Bonchev–Trinajstić information content (AvgIpc) is 2.92. The van der Waals surface area contributed by atoms with Crippen molar-refractivity contribution in [3.63, 3.8) is 0 Å². The van der Waals surface area contributed by atoms with Crippen LogP contribution in [0.4, 0.5) is 11.4 Å². The fraction of sp³-hybridized carbons (Fsp3) is 0.310. The first-order valence-corrected chi connectivity index (χ1v) is 15.2. The van der Waals surface area contributed by atoms with Crippen LogP contribution >= 0.6 is 23.2 Å². The molecule has 1 N–H and O–H groups in total. The maximum absolute atomic E-state index is 14.1. The molecule has 0 spiro atoms. The van der Waals surface area contributed by atoms with Gasteiger partial charge in [0.2, 0.25) is 11.8 Å². The minimum atomic E-state index is -4.32. The lowest BCUT2D eigenvalue weighted by molar-refractivity contribution is -0.384. The van der Waals surface area contributed by atoms with Crippen molar-refractivity contribution in [3.05, 3.63) is 98.5 Å². The number of halogens is 2. The normalized spacial score (nSPS) is 12.3. The highest BCUT2D eigenvalue weighted by Gasteiger charge is 2.35. The fourth-order valence-electron chi connectivity index (χ4n) is 4.22. The van der Waals surface area contributed by atoms with Gasteiger partial charge in [0.05, 0.1) is 15.5 Å². The molecule has 1 atom stereocenters. The molecule has 0 aliphatic carbocycles. The summed E-state index contributed by atoms with van der Waals surface area (Å²) in [6.45, 7) is 6.26. The predicted molar refractivity (Wildman–Crippen MR) is 163 cm³/mol. The molecule has 0 radical (unpaired) electrons. The van der Waals surface area contributed by atoms with Gasteiger partial charge in [-0.1, -0.05) is 54.4 Å². The summed E-state index contributed by atoms with van der Waals surface area (Å²) in [5, 5.41) is 14.7. The molecule has 0 unspecified atom stereocenters. The van der Waals surface area contributed by atoms with Crippen molar-refractivity contribution in [1.29, 1.82) is 0 Å². The van der Waals surface area contributed by atoms with Gasteiger partial charge in [0.15, 0.2) is 0 Å². The standard InChI is InChI=1S/C29H32Cl2N4O6S/c1-5-26(28(37)32-29(2,3)4)33(18-23-24(30)12-9-13-25(23)31)27(36)19-34(20-14-16-21(17-15-20)35(38)39)42(40,41)22-10-7-6-8-11-22/h6-17,26H,5,18-19H2,1-4H3,(H,32,37)/t26-/m0/s1. The number of hydrogen-bond acceptors (Lipinski definition) is 6. The zero-order valence-electron chi connectivity index (χ0n) is 23.6. The molecule has 224 valence electrons. The molecule has 0 fully saturated rings. The van der Waals surface area contributed by atoms with Crippen molar-refractivity contribution >= 4 is 56.4 Å². The van der Waals surface area contributed by atoms with Crippen LogP contribution in [0.3, 0.4) is 0 Å². The van der Waals surface area contributed by atoms with E-state index in [2.05, 4.69) is 5.32 Å². The van der Waals surface area contributed by atoms with Crippen LogP contribution in [0.1, 0.15) is 39.7 Å². The highest BCUT2D eigenvalue weighted by Crippen LogP contribution is 2.29. The SMILES string of the molecule is CC[C@@H](C(=O)NC(C)(C)C)N(Cc1c(Cl)cccc1Cl)C(=O)CN(c1ccc([N+](=O)[O-])cc1)S(=O)(=O)c1ccccc1. The molecule has 42 heavy (non-hydrogen) atoms. The minimum Gasteiger partial charge on any atom is -0.350 e. The van der Waals surface area contributed by atoms with E-state index in [0.29, 0.717) is 5.56 Å². The number of benzene rings is 3. The number of carbonyl (C=O) groups is 2. The number of anilines is 1. The van der Waals surface area contributed by atoms with Gasteiger partial charge in [-0.2, -0.15) is 0 Å². The van der Waals surface area contributed by atoms with Crippen molar-refractivity contribution in [3.8, 4) is 0 Å². The van der Waals surface area contributed by atoms with Crippen molar-refractivity contribution in [2.75, 3.05) is 10.8 Å². The quantitative estimate of drug-likeness (QED) is 0.209. The van der Waals surface area contributed by atoms with Crippen molar-refractivity contribution in [2.24, 2.45) is 0 Å². The Kier molecular flexibility index (Phi) is 10.6. The van der Waals surface area contributed by atoms with Crippen LogP contribution in [-0.2, 0) is 26.2 Å². The number of sulfonamides is 1. The van der Waals surface area contributed by atoms with Gasteiger partial charge in [-0.25, -0.2) is 8.42 Å². The second-order valence-electron chi connectivity index (χ2n) is 10.5. The lowest BCUT2D eigenvalue weighted by Gasteiger charge is -2.35. The number of non-ortho nitro benzene ring substituents is 1. The van der Waals surface area contributed by atoms with Gasteiger partial charge in [0.25, 0.3) is 15.7 Å². The van der Waals surface area contributed by atoms with Gasteiger partial charge in [-0.15, -0.1) is 0 Å². The van der Waals surface area contributed by atoms with E-state index < -0.39 is 44.9 Å². The van der Waals surface area contributed by atoms with Crippen LogP contribution in [0.25, 0.3) is 0 Å². The first-order valence-electron chi connectivity index (χ1n) is 13.0. The number of carbonyl (C=O) groups excluding carboxylic acids is 2. The summed E-state index contributed by atoms with van der Waals surface area (Å²) in [6, 6.07) is 16.2. The summed E-state index contributed by atoms with van der Waals surface area (Å²) in [7, 11) is -4.32. The lowest BCUT2D eigenvalue weighted by atomic mass is 10.1. The Bertz CT molecular complexity index is 1520. The Balaban J connectivity index is 2.12. The molecular weight excluding hydrogens is 603 g/mol. The third kappa shape index (κ3) is 7.99. The van der Waals surface area contributed by atoms with Crippen LogP contribution in [0.5, 0.6) is 0 Å². The van der Waals surface area contributed by atoms with Gasteiger partial charge in [-0.3, -0.25) is 24.0 Å². The van der Waals surface area contributed by atoms with Gasteiger partial charge < -0.3 is 10.2 Å². The third-order valence-corrected chi connectivity index (χ3v) is 8.73. The molecule has 3 rings (SSSR count).